The van der Waals surface area contributed by atoms with Crippen molar-refractivity contribution < 1.29 is 17.6 Å². The van der Waals surface area contributed by atoms with E-state index in [2.05, 4.69) is 10.0 Å². The smallest absolute Gasteiger partial charge is 0.255 e. The lowest BCUT2D eigenvalue weighted by Gasteiger charge is -2.10. The summed E-state index contributed by atoms with van der Waals surface area (Å²) in [6.07, 6.45) is 0. The maximum atomic E-state index is 13.7. The van der Waals surface area contributed by atoms with Gasteiger partial charge in [-0.25, -0.2) is 17.5 Å². The first-order valence-electron chi connectivity index (χ1n) is 8.56. The van der Waals surface area contributed by atoms with Crippen LogP contribution in [0.15, 0.2) is 77.7 Å². The Hall–Kier alpha value is -3.03. The summed E-state index contributed by atoms with van der Waals surface area (Å²) in [6, 6.07) is 18.8. The van der Waals surface area contributed by atoms with E-state index in [0.29, 0.717) is 0 Å². The minimum Gasteiger partial charge on any atom is -0.319 e. The van der Waals surface area contributed by atoms with E-state index in [1.165, 1.54) is 42.5 Å². The van der Waals surface area contributed by atoms with Crippen LogP contribution in [0.5, 0.6) is 0 Å². The van der Waals surface area contributed by atoms with E-state index in [-0.39, 0.29) is 22.7 Å². The van der Waals surface area contributed by atoms with E-state index < -0.39 is 21.7 Å². The van der Waals surface area contributed by atoms with Gasteiger partial charge < -0.3 is 5.32 Å². The number of carbonyl (C=O) groups excluding carboxylic acids is 1. The van der Waals surface area contributed by atoms with Crippen LogP contribution in [0, 0.1) is 12.7 Å². The van der Waals surface area contributed by atoms with Crippen molar-refractivity contribution in [3.63, 3.8) is 0 Å². The van der Waals surface area contributed by atoms with Gasteiger partial charge in [0.05, 0.1) is 10.6 Å². The first-order valence-corrected chi connectivity index (χ1v) is 10.0. The van der Waals surface area contributed by atoms with Crippen LogP contribution in [0.3, 0.4) is 0 Å². The number of sulfonamides is 1. The van der Waals surface area contributed by atoms with E-state index >= 15 is 0 Å². The minimum absolute atomic E-state index is 0.0262. The van der Waals surface area contributed by atoms with Gasteiger partial charge in [-0.2, -0.15) is 0 Å². The van der Waals surface area contributed by atoms with Crippen LogP contribution in [0.1, 0.15) is 21.5 Å². The molecule has 3 rings (SSSR count). The van der Waals surface area contributed by atoms with Crippen molar-refractivity contribution in [2.45, 2.75) is 18.4 Å². The summed E-state index contributed by atoms with van der Waals surface area (Å²) in [6.45, 7) is 2.08. The summed E-state index contributed by atoms with van der Waals surface area (Å²) in [5.41, 5.74) is 2.04. The fraction of sp³-hybridized carbons (Fsp3) is 0.0952. The Bertz CT molecular complexity index is 1100. The average molecular weight is 398 g/mol. The second-order valence-electron chi connectivity index (χ2n) is 6.27. The van der Waals surface area contributed by atoms with E-state index in [9.17, 15) is 17.6 Å². The standard InChI is InChI=1S/C21H19FN2O3S/c1-15-9-11-16(12-10-15)14-23-28(26,27)18-6-4-5-17(13-18)21(25)24-20-8-3-2-7-19(20)22/h2-13,23H,14H2,1H3,(H,24,25). The molecule has 0 radical (unpaired) electrons. The SMILES string of the molecule is Cc1ccc(CNS(=O)(=O)c2cccc(C(=O)Nc3ccccc3F)c2)cc1. The zero-order valence-corrected chi connectivity index (χ0v) is 16.0. The predicted octanol–water partition coefficient (Wildman–Crippen LogP) is 3.86. The first-order chi connectivity index (χ1) is 13.3. The van der Waals surface area contributed by atoms with Crippen LogP contribution in [0.4, 0.5) is 10.1 Å². The summed E-state index contributed by atoms with van der Waals surface area (Å²) < 4.78 is 41.3. The third-order valence-electron chi connectivity index (χ3n) is 4.12. The molecule has 0 aromatic heterocycles. The molecule has 144 valence electrons. The number of halogens is 1. The molecule has 0 aliphatic heterocycles. The summed E-state index contributed by atoms with van der Waals surface area (Å²) in [7, 11) is -3.81. The summed E-state index contributed by atoms with van der Waals surface area (Å²) in [5, 5.41) is 2.44. The molecule has 0 spiro atoms. The molecule has 3 aromatic carbocycles. The highest BCUT2D eigenvalue weighted by atomic mass is 32.2. The van der Waals surface area contributed by atoms with Crippen LogP contribution >= 0.6 is 0 Å². The number of benzene rings is 3. The Labute approximate surface area is 163 Å². The second-order valence-corrected chi connectivity index (χ2v) is 8.04. The van der Waals surface area contributed by atoms with Crippen molar-refractivity contribution in [1.29, 1.82) is 0 Å². The number of amides is 1. The second kappa shape index (κ2) is 8.33. The van der Waals surface area contributed by atoms with Crippen molar-refractivity contribution in [1.82, 2.24) is 4.72 Å². The van der Waals surface area contributed by atoms with Gasteiger partial charge >= 0.3 is 0 Å². The molecule has 0 fully saturated rings. The van der Waals surface area contributed by atoms with Crippen LogP contribution < -0.4 is 10.0 Å². The highest BCUT2D eigenvalue weighted by molar-refractivity contribution is 7.89. The van der Waals surface area contributed by atoms with Gasteiger partial charge in [-0.05, 0) is 42.8 Å². The van der Waals surface area contributed by atoms with Gasteiger partial charge in [0.2, 0.25) is 10.0 Å². The number of hydrogen-bond acceptors (Lipinski definition) is 3. The lowest BCUT2D eigenvalue weighted by Crippen LogP contribution is -2.23. The van der Waals surface area contributed by atoms with Gasteiger partial charge in [0.25, 0.3) is 5.91 Å². The van der Waals surface area contributed by atoms with Gasteiger partial charge in [-0.1, -0.05) is 48.0 Å². The van der Waals surface area contributed by atoms with Gasteiger partial charge in [-0.15, -0.1) is 0 Å². The quantitative estimate of drug-likeness (QED) is 0.662. The Kier molecular flexibility index (Phi) is 5.87. The molecular weight excluding hydrogens is 379 g/mol. The molecule has 0 aliphatic rings. The molecule has 3 aromatic rings. The molecule has 5 nitrogen and oxygen atoms in total. The van der Waals surface area contributed by atoms with E-state index in [1.807, 2.05) is 31.2 Å². The Morgan fingerprint density at radius 1 is 0.964 bits per heavy atom. The lowest BCUT2D eigenvalue weighted by molar-refractivity contribution is 0.102. The van der Waals surface area contributed by atoms with E-state index in [0.717, 1.165) is 11.1 Å². The number of rotatable bonds is 6. The van der Waals surface area contributed by atoms with E-state index in [4.69, 9.17) is 0 Å². The maximum absolute atomic E-state index is 13.7. The molecule has 0 unspecified atom stereocenters. The molecule has 28 heavy (non-hydrogen) atoms. The summed E-state index contributed by atoms with van der Waals surface area (Å²) in [4.78, 5) is 12.3. The van der Waals surface area contributed by atoms with Gasteiger partial charge in [0.15, 0.2) is 0 Å². The van der Waals surface area contributed by atoms with Gasteiger partial charge in [-0.3, -0.25) is 4.79 Å². The average Bonchev–Trinajstić information content (AvgIpc) is 2.69. The number of aryl methyl sites for hydroxylation is 1. The fourth-order valence-corrected chi connectivity index (χ4v) is 3.59. The Morgan fingerprint density at radius 2 is 1.68 bits per heavy atom. The number of para-hydroxylation sites is 1. The van der Waals surface area contributed by atoms with Gasteiger partial charge in [0.1, 0.15) is 5.82 Å². The van der Waals surface area contributed by atoms with Crippen molar-refractivity contribution >= 4 is 21.6 Å². The highest BCUT2D eigenvalue weighted by Crippen LogP contribution is 2.16. The van der Waals surface area contributed by atoms with Crippen LogP contribution in [-0.4, -0.2) is 14.3 Å². The zero-order chi connectivity index (χ0) is 20.1. The molecule has 0 aliphatic carbocycles. The first kappa shape index (κ1) is 19.7. The molecule has 0 saturated heterocycles. The number of hydrogen-bond donors (Lipinski definition) is 2. The molecule has 2 N–H and O–H groups in total. The fourth-order valence-electron chi connectivity index (χ4n) is 2.53. The van der Waals surface area contributed by atoms with Crippen molar-refractivity contribution in [3.05, 3.63) is 95.3 Å². The number of anilines is 1. The molecule has 7 heteroatoms. The monoisotopic (exact) mass is 398 g/mol. The maximum Gasteiger partial charge on any atom is 0.255 e. The Balaban J connectivity index is 1.75. The van der Waals surface area contributed by atoms with E-state index in [1.54, 1.807) is 6.07 Å². The predicted molar refractivity (Wildman–Crippen MR) is 106 cm³/mol. The molecular formula is C21H19FN2O3S. The van der Waals surface area contributed by atoms with Gasteiger partial charge in [0, 0.05) is 12.1 Å². The third kappa shape index (κ3) is 4.82. The van der Waals surface area contributed by atoms with Crippen molar-refractivity contribution in [2.75, 3.05) is 5.32 Å². The van der Waals surface area contributed by atoms with Crippen molar-refractivity contribution in [2.24, 2.45) is 0 Å². The Morgan fingerprint density at radius 3 is 2.39 bits per heavy atom. The van der Waals surface area contributed by atoms with Crippen LogP contribution in [0.2, 0.25) is 0 Å². The van der Waals surface area contributed by atoms with Crippen LogP contribution in [0.25, 0.3) is 0 Å². The molecule has 0 bridgehead atoms. The normalized spacial score (nSPS) is 11.2. The molecule has 0 saturated carbocycles. The largest absolute Gasteiger partial charge is 0.319 e. The third-order valence-corrected chi connectivity index (χ3v) is 5.51. The molecule has 1 amide bonds. The minimum atomic E-state index is -3.81. The summed E-state index contributed by atoms with van der Waals surface area (Å²) >= 11 is 0. The zero-order valence-electron chi connectivity index (χ0n) is 15.1. The number of carbonyl (C=O) groups is 1. The molecule has 0 heterocycles. The van der Waals surface area contributed by atoms with Crippen molar-refractivity contribution in [3.8, 4) is 0 Å². The van der Waals surface area contributed by atoms with Crippen LogP contribution in [-0.2, 0) is 16.6 Å². The molecule has 0 atom stereocenters. The topological polar surface area (TPSA) is 75.3 Å². The number of nitrogens with one attached hydrogen (secondary N) is 2. The summed E-state index contributed by atoms with van der Waals surface area (Å²) in [5.74, 6) is -1.17. The highest BCUT2D eigenvalue weighted by Gasteiger charge is 2.17. The lowest BCUT2D eigenvalue weighted by atomic mass is 10.2.